The van der Waals surface area contributed by atoms with Crippen LogP contribution in [0.15, 0.2) is 36.6 Å². The van der Waals surface area contributed by atoms with Gasteiger partial charge in [-0.3, -0.25) is 0 Å². The highest BCUT2D eigenvalue weighted by atomic mass is 15.5. The second-order valence-electron chi connectivity index (χ2n) is 2.34. The number of aromatic nitrogens is 3. The molecule has 12 heavy (non-hydrogen) atoms. The summed E-state index contributed by atoms with van der Waals surface area (Å²) in [6, 6.07) is 7.68. The molecule has 0 saturated heterocycles. The molecule has 0 aliphatic heterocycles. The molecule has 2 aromatic rings. The van der Waals surface area contributed by atoms with Crippen LogP contribution in [-0.2, 0) is 0 Å². The van der Waals surface area contributed by atoms with Crippen LogP contribution in [0.1, 0.15) is 0 Å². The van der Waals surface area contributed by atoms with Gasteiger partial charge in [0, 0.05) is 0 Å². The Labute approximate surface area is 69.6 Å². The first-order valence-corrected chi connectivity index (χ1v) is 3.57. The van der Waals surface area contributed by atoms with E-state index >= 15 is 0 Å². The Morgan fingerprint density at radius 2 is 1.83 bits per heavy atom. The highest BCUT2D eigenvalue weighted by Crippen LogP contribution is 2.06. The maximum Gasteiger partial charge on any atom is 0.113 e. The summed E-state index contributed by atoms with van der Waals surface area (Å²) < 4.78 is 0. The van der Waals surface area contributed by atoms with E-state index in [1.165, 1.54) is 4.80 Å². The number of benzene rings is 1. The molecule has 0 saturated carbocycles. The van der Waals surface area contributed by atoms with Gasteiger partial charge < -0.3 is 0 Å². The summed E-state index contributed by atoms with van der Waals surface area (Å²) in [7, 11) is 0. The predicted molar refractivity (Wildman–Crippen MR) is 47.4 cm³/mol. The molecule has 0 amide bonds. The van der Waals surface area contributed by atoms with E-state index in [-0.39, 0.29) is 0 Å². The topological polar surface area (TPSA) is 30.7 Å². The van der Waals surface area contributed by atoms with Crippen LogP contribution in [0.5, 0.6) is 0 Å². The third-order valence-electron chi connectivity index (χ3n) is 1.51. The van der Waals surface area contributed by atoms with Gasteiger partial charge in [-0.1, -0.05) is 18.7 Å². The Bertz CT molecular complexity index is 416. The van der Waals surface area contributed by atoms with Crippen molar-refractivity contribution in [1.82, 2.24) is 15.0 Å². The summed E-state index contributed by atoms with van der Waals surface area (Å²) in [6.45, 7) is 3.44. The molecule has 0 atom stereocenters. The monoisotopic (exact) mass is 157 g/mol. The molecule has 2 rings (SSSR count). The Morgan fingerprint density at radius 3 is 2.33 bits per heavy atom. The first-order valence-electron chi connectivity index (χ1n) is 3.57. The van der Waals surface area contributed by atoms with E-state index in [4.69, 9.17) is 0 Å². The van der Waals surface area contributed by atoms with E-state index in [0.717, 1.165) is 11.0 Å². The SMILES string of the molecule is C=C=Cn1nc2ccccc2n1. The average Bonchev–Trinajstić information content (AvgIpc) is 2.47. The maximum atomic E-state index is 4.15. The van der Waals surface area contributed by atoms with Crippen LogP contribution >= 0.6 is 0 Å². The minimum absolute atomic E-state index is 0.879. The van der Waals surface area contributed by atoms with Crippen LogP contribution in [-0.4, -0.2) is 15.0 Å². The quantitative estimate of drug-likeness (QED) is 0.590. The van der Waals surface area contributed by atoms with Crippen LogP contribution < -0.4 is 0 Å². The molecule has 0 aliphatic carbocycles. The van der Waals surface area contributed by atoms with E-state index in [1.807, 2.05) is 24.3 Å². The molecule has 0 spiro atoms. The normalized spacial score (nSPS) is 9.67. The first kappa shape index (κ1) is 6.83. The van der Waals surface area contributed by atoms with Crippen molar-refractivity contribution < 1.29 is 0 Å². The molecule has 0 fully saturated rings. The summed E-state index contributed by atoms with van der Waals surface area (Å²) >= 11 is 0. The summed E-state index contributed by atoms with van der Waals surface area (Å²) in [5, 5.41) is 8.30. The third kappa shape index (κ3) is 1.02. The molecule has 3 heteroatoms. The molecule has 0 aliphatic rings. The molecule has 3 nitrogen and oxygen atoms in total. The Hall–Kier alpha value is -1.86. The molecule has 0 radical (unpaired) electrons. The Balaban J connectivity index is 2.69. The molecule has 58 valence electrons. The summed E-state index contributed by atoms with van der Waals surface area (Å²) in [6.07, 6.45) is 1.58. The van der Waals surface area contributed by atoms with E-state index in [9.17, 15) is 0 Å². The zero-order chi connectivity index (χ0) is 8.39. The molecular weight excluding hydrogens is 150 g/mol. The number of nitrogens with zero attached hydrogens (tertiary/aromatic N) is 3. The van der Waals surface area contributed by atoms with E-state index < -0.39 is 0 Å². The Kier molecular flexibility index (Phi) is 1.50. The fraction of sp³-hybridized carbons (Fsp3) is 0. The largest absolute Gasteiger partial charge is 0.150 e. The minimum atomic E-state index is 0.879. The average molecular weight is 157 g/mol. The molecular formula is C9H7N3. The van der Waals surface area contributed by atoms with Crippen molar-refractivity contribution >= 4 is 17.2 Å². The molecule has 1 aromatic heterocycles. The predicted octanol–water partition coefficient (Wildman–Crippen LogP) is 1.69. The lowest BCUT2D eigenvalue weighted by atomic mass is 10.3. The zero-order valence-electron chi connectivity index (χ0n) is 6.44. The second-order valence-corrected chi connectivity index (χ2v) is 2.34. The van der Waals surface area contributed by atoms with Crippen LogP contribution in [0.2, 0.25) is 0 Å². The van der Waals surface area contributed by atoms with Gasteiger partial charge in [0.25, 0.3) is 0 Å². The number of hydrogen-bond acceptors (Lipinski definition) is 2. The van der Waals surface area contributed by atoms with Gasteiger partial charge in [-0.15, -0.1) is 20.7 Å². The van der Waals surface area contributed by atoms with Crippen molar-refractivity contribution in [3.05, 3.63) is 36.6 Å². The number of rotatable bonds is 1. The van der Waals surface area contributed by atoms with Gasteiger partial charge in [0.05, 0.1) is 6.20 Å². The lowest BCUT2D eigenvalue weighted by Gasteiger charge is -1.79. The van der Waals surface area contributed by atoms with Gasteiger partial charge in [0.2, 0.25) is 0 Å². The van der Waals surface area contributed by atoms with Gasteiger partial charge in [-0.2, -0.15) is 0 Å². The van der Waals surface area contributed by atoms with Crippen molar-refractivity contribution in [3.8, 4) is 0 Å². The summed E-state index contributed by atoms with van der Waals surface area (Å²) in [4.78, 5) is 1.46. The van der Waals surface area contributed by atoms with Gasteiger partial charge in [-0.25, -0.2) is 0 Å². The fourth-order valence-electron chi connectivity index (χ4n) is 1.02. The lowest BCUT2D eigenvalue weighted by molar-refractivity contribution is 0.812. The van der Waals surface area contributed by atoms with Crippen LogP contribution in [0, 0.1) is 0 Å². The minimum Gasteiger partial charge on any atom is -0.150 e. The van der Waals surface area contributed by atoms with Crippen LogP contribution in [0.4, 0.5) is 0 Å². The molecule has 1 heterocycles. The van der Waals surface area contributed by atoms with Crippen LogP contribution in [0.3, 0.4) is 0 Å². The third-order valence-corrected chi connectivity index (χ3v) is 1.51. The maximum absolute atomic E-state index is 4.15. The Morgan fingerprint density at radius 1 is 1.25 bits per heavy atom. The van der Waals surface area contributed by atoms with E-state index in [1.54, 1.807) is 6.20 Å². The molecule has 0 N–H and O–H groups in total. The van der Waals surface area contributed by atoms with Gasteiger partial charge in [0.1, 0.15) is 11.0 Å². The van der Waals surface area contributed by atoms with Crippen molar-refractivity contribution in [2.75, 3.05) is 0 Å². The van der Waals surface area contributed by atoms with Gasteiger partial charge in [0.15, 0.2) is 0 Å². The molecule has 0 bridgehead atoms. The highest BCUT2D eigenvalue weighted by Gasteiger charge is 1.96. The van der Waals surface area contributed by atoms with Crippen molar-refractivity contribution in [3.63, 3.8) is 0 Å². The standard InChI is InChI=1S/C9H7N3/c1-2-7-12-10-8-5-3-4-6-9(8)11-12/h3-7H,1H2. The van der Waals surface area contributed by atoms with Crippen molar-refractivity contribution in [2.45, 2.75) is 0 Å². The van der Waals surface area contributed by atoms with E-state index in [2.05, 4.69) is 22.5 Å². The summed E-state index contributed by atoms with van der Waals surface area (Å²) in [5.74, 6) is 0. The highest BCUT2D eigenvalue weighted by molar-refractivity contribution is 5.73. The lowest BCUT2D eigenvalue weighted by Crippen LogP contribution is -1.88. The summed E-state index contributed by atoms with van der Waals surface area (Å²) in [5.41, 5.74) is 4.37. The van der Waals surface area contributed by atoms with E-state index in [0.29, 0.717) is 0 Å². The van der Waals surface area contributed by atoms with Crippen LogP contribution in [0.25, 0.3) is 17.2 Å². The smallest absolute Gasteiger partial charge is 0.113 e. The van der Waals surface area contributed by atoms with Crippen molar-refractivity contribution in [2.24, 2.45) is 0 Å². The first-order chi connectivity index (χ1) is 5.90. The van der Waals surface area contributed by atoms with Gasteiger partial charge >= 0.3 is 0 Å². The molecule has 1 aromatic carbocycles. The number of fused-ring (bicyclic) bond motifs is 1. The zero-order valence-corrected chi connectivity index (χ0v) is 6.44. The molecule has 0 unspecified atom stereocenters. The second kappa shape index (κ2) is 2.64. The van der Waals surface area contributed by atoms with Gasteiger partial charge in [-0.05, 0) is 12.1 Å². The fourth-order valence-corrected chi connectivity index (χ4v) is 1.02. The number of hydrogen-bond donors (Lipinski definition) is 0. The van der Waals surface area contributed by atoms with Crippen molar-refractivity contribution in [1.29, 1.82) is 0 Å².